The molecule has 1 heterocycles. The van der Waals surface area contributed by atoms with Crippen LogP contribution in [0.3, 0.4) is 0 Å². The molecule has 21 heavy (non-hydrogen) atoms. The van der Waals surface area contributed by atoms with Crippen molar-refractivity contribution in [3.63, 3.8) is 0 Å². The Morgan fingerprint density at radius 3 is 2.38 bits per heavy atom. The molecule has 1 fully saturated rings. The summed E-state index contributed by atoms with van der Waals surface area (Å²) in [5, 5.41) is 0. The molecular weight excluding hydrogens is 264 g/mol. The minimum atomic E-state index is -0.144. The van der Waals surface area contributed by atoms with E-state index in [4.69, 9.17) is 10.5 Å². The number of nitrogen functional groups attached to an aromatic ring is 1. The Balaban J connectivity index is 2.32. The fourth-order valence-electron chi connectivity index (χ4n) is 2.91. The van der Waals surface area contributed by atoms with Gasteiger partial charge in [-0.25, -0.2) is 4.98 Å². The van der Waals surface area contributed by atoms with Crippen molar-refractivity contribution in [2.45, 2.75) is 71.3 Å². The molecule has 1 unspecified atom stereocenters. The van der Waals surface area contributed by atoms with Gasteiger partial charge in [-0.1, -0.05) is 40.0 Å². The van der Waals surface area contributed by atoms with E-state index in [1.54, 1.807) is 0 Å². The van der Waals surface area contributed by atoms with E-state index in [0.29, 0.717) is 24.3 Å². The third-order valence-electron chi connectivity index (χ3n) is 4.02. The smallest absolute Gasteiger partial charge is 0.223 e. The van der Waals surface area contributed by atoms with Gasteiger partial charge < -0.3 is 10.5 Å². The van der Waals surface area contributed by atoms with Gasteiger partial charge >= 0.3 is 0 Å². The van der Waals surface area contributed by atoms with Crippen LogP contribution in [0.5, 0.6) is 0 Å². The zero-order chi connectivity index (χ0) is 15.5. The van der Waals surface area contributed by atoms with E-state index in [9.17, 15) is 0 Å². The fraction of sp³-hybridized carbons (Fsp3) is 0.812. The van der Waals surface area contributed by atoms with Crippen molar-refractivity contribution >= 4 is 5.95 Å². The second-order valence-electron chi connectivity index (χ2n) is 6.90. The lowest BCUT2D eigenvalue weighted by Crippen LogP contribution is -2.25. The van der Waals surface area contributed by atoms with E-state index < -0.39 is 0 Å². The number of nitrogens with zero attached hydrogens (tertiary/aromatic N) is 3. The highest BCUT2D eigenvalue weighted by Gasteiger charge is 2.30. The maximum absolute atomic E-state index is 5.98. The number of hydrogen-bond acceptors (Lipinski definition) is 5. The lowest BCUT2D eigenvalue weighted by atomic mass is 9.84. The van der Waals surface area contributed by atoms with Gasteiger partial charge in [0, 0.05) is 12.0 Å². The molecule has 2 N–H and O–H groups in total. The number of ether oxygens (including phenoxy) is 1. The summed E-state index contributed by atoms with van der Waals surface area (Å²) in [4.78, 5) is 13.3. The lowest BCUT2D eigenvalue weighted by Gasteiger charge is -2.29. The third-order valence-corrected chi connectivity index (χ3v) is 4.02. The monoisotopic (exact) mass is 292 g/mol. The van der Waals surface area contributed by atoms with Gasteiger partial charge in [0.2, 0.25) is 5.95 Å². The quantitative estimate of drug-likeness (QED) is 0.920. The van der Waals surface area contributed by atoms with Crippen LogP contribution in [0.4, 0.5) is 5.95 Å². The van der Waals surface area contributed by atoms with Gasteiger partial charge in [-0.15, -0.1) is 0 Å². The molecule has 0 aliphatic heterocycles. The highest BCUT2D eigenvalue weighted by atomic mass is 16.5. The van der Waals surface area contributed by atoms with E-state index >= 15 is 0 Å². The minimum absolute atomic E-state index is 0.0540. The average Bonchev–Trinajstić information content (AvgIpc) is 2.44. The zero-order valence-corrected chi connectivity index (χ0v) is 13.7. The van der Waals surface area contributed by atoms with Gasteiger partial charge in [0.15, 0.2) is 5.82 Å². The molecule has 0 radical (unpaired) electrons. The molecular formula is C16H28N4O. The SMILES string of the molecule is CCOC(c1nc(N)nc(C(C)(C)C)n1)C1CCCCC1. The summed E-state index contributed by atoms with van der Waals surface area (Å²) in [5.41, 5.74) is 5.76. The number of rotatable bonds is 4. The van der Waals surface area contributed by atoms with Gasteiger partial charge in [0.1, 0.15) is 11.9 Å². The summed E-state index contributed by atoms with van der Waals surface area (Å²) in [6, 6.07) is 0. The van der Waals surface area contributed by atoms with Crippen LogP contribution in [0.1, 0.15) is 77.6 Å². The van der Waals surface area contributed by atoms with Crippen molar-refractivity contribution < 1.29 is 4.74 Å². The molecule has 1 aliphatic rings. The molecule has 0 spiro atoms. The molecule has 1 atom stereocenters. The molecule has 0 aromatic carbocycles. The van der Waals surface area contributed by atoms with Crippen LogP contribution >= 0.6 is 0 Å². The van der Waals surface area contributed by atoms with Gasteiger partial charge in [-0.3, -0.25) is 0 Å². The van der Waals surface area contributed by atoms with Crippen LogP contribution in [0, 0.1) is 5.92 Å². The van der Waals surface area contributed by atoms with Gasteiger partial charge in [-0.2, -0.15) is 9.97 Å². The molecule has 0 bridgehead atoms. The van der Waals surface area contributed by atoms with E-state index in [1.807, 2.05) is 6.92 Å². The third kappa shape index (κ3) is 4.13. The second-order valence-corrected chi connectivity index (χ2v) is 6.90. The Labute approximate surface area is 127 Å². The van der Waals surface area contributed by atoms with Crippen molar-refractivity contribution in [1.29, 1.82) is 0 Å². The van der Waals surface area contributed by atoms with Crippen molar-refractivity contribution in [3.05, 3.63) is 11.6 Å². The van der Waals surface area contributed by atoms with E-state index in [-0.39, 0.29) is 11.5 Å². The van der Waals surface area contributed by atoms with Gasteiger partial charge in [0.05, 0.1) is 0 Å². The normalized spacial score (nSPS) is 18.7. The molecule has 1 saturated carbocycles. The lowest BCUT2D eigenvalue weighted by molar-refractivity contribution is -0.000497. The Morgan fingerprint density at radius 1 is 1.14 bits per heavy atom. The maximum Gasteiger partial charge on any atom is 0.223 e. The first kappa shape index (κ1) is 16.1. The Morgan fingerprint density at radius 2 is 1.81 bits per heavy atom. The molecule has 0 amide bonds. The molecule has 1 aliphatic carbocycles. The Kier molecular flexibility index (Phi) is 5.14. The van der Waals surface area contributed by atoms with E-state index in [1.165, 1.54) is 32.1 Å². The summed E-state index contributed by atoms with van der Waals surface area (Å²) in [6.07, 6.45) is 6.16. The largest absolute Gasteiger partial charge is 0.370 e. The number of anilines is 1. The van der Waals surface area contributed by atoms with Crippen LogP contribution in [-0.4, -0.2) is 21.6 Å². The van der Waals surface area contributed by atoms with Crippen molar-refractivity contribution in [2.75, 3.05) is 12.3 Å². The summed E-state index contributed by atoms with van der Waals surface area (Å²) in [5.74, 6) is 2.24. The van der Waals surface area contributed by atoms with E-state index in [2.05, 4.69) is 35.7 Å². The number of aromatic nitrogens is 3. The molecule has 5 nitrogen and oxygen atoms in total. The van der Waals surface area contributed by atoms with Crippen LogP contribution in [0.2, 0.25) is 0 Å². The number of nitrogens with two attached hydrogens (primary N) is 1. The first-order chi connectivity index (χ1) is 9.91. The predicted molar refractivity (Wildman–Crippen MR) is 83.9 cm³/mol. The average molecular weight is 292 g/mol. The van der Waals surface area contributed by atoms with Gasteiger partial charge in [0.25, 0.3) is 0 Å². The summed E-state index contributed by atoms with van der Waals surface area (Å²) in [6.45, 7) is 8.94. The Hall–Kier alpha value is -1.23. The Bertz CT molecular complexity index is 464. The van der Waals surface area contributed by atoms with Crippen molar-refractivity contribution in [2.24, 2.45) is 5.92 Å². The fourth-order valence-corrected chi connectivity index (χ4v) is 2.91. The standard InChI is InChI=1S/C16H28N4O/c1-5-21-12(11-9-7-6-8-10-11)13-18-14(16(2,3)4)20-15(17)19-13/h11-12H,5-10H2,1-4H3,(H2,17,18,19,20). The van der Waals surface area contributed by atoms with E-state index in [0.717, 1.165) is 5.82 Å². The molecule has 5 heteroatoms. The first-order valence-corrected chi connectivity index (χ1v) is 8.05. The second kappa shape index (κ2) is 6.69. The van der Waals surface area contributed by atoms with Crippen LogP contribution in [-0.2, 0) is 10.2 Å². The molecule has 2 rings (SSSR count). The minimum Gasteiger partial charge on any atom is -0.370 e. The van der Waals surface area contributed by atoms with Gasteiger partial charge in [-0.05, 0) is 25.7 Å². The van der Waals surface area contributed by atoms with Crippen LogP contribution < -0.4 is 5.73 Å². The molecule has 1 aromatic rings. The first-order valence-electron chi connectivity index (χ1n) is 8.05. The van der Waals surface area contributed by atoms with Crippen LogP contribution in [0.15, 0.2) is 0 Å². The highest BCUT2D eigenvalue weighted by Crippen LogP contribution is 2.36. The van der Waals surface area contributed by atoms with Crippen molar-refractivity contribution in [3.8, 4) is 0 Å². The highest BCUT2D eigenvalue weighted by molar-refractivity contribution is 5.20. The van der Waals surface area contributed by atoms with Crippen molar-refractivity contribution in [1.82, 2.24) is 15.0 Å². The molecule has 1 aromatic heterocycles. The zero-order valence-electron chi connectivity index (χ0n) is 13.7. The molecule has 118 valence electrons. The summed E-state index contributed by atoms with van der Waals surface area (Å²) in [7, 11) is 0. The maximum atomic E-state index is 5.98. The summed E-state index contributed by atoms with van der Waals surface area (Å²) < 4.78 is 5.98. The number of hydrogen-bond donors (Lipinski definition) is 1. The molecule has 0 saturated heterocycles. The predicted octanol–water partition coefficient (Wildman–Crippen LogP) is 3.41. The van der Waals surface area contributed by atoms with Crippen LogP contribution in [0.25, 0.3) is 0 Å². The topological polar surface area (TPSA) is 73.9 Å². The summed E-state index contributed by atoms with van der Waals surface area (Å²) >= 11 is 0.